The molecule has 0 N–H and O–H groups in total. The van der Waals surface area contributed by atoms with Gasteiger partial charge in [-0.1, -0.05) is 0 Å². The first-order valence-electron chi connectivity index (χ1n) is 33.7. The Kier molecular flexibility index (Phi) is 53.1. The molecule has 0 aromatic rings. The minimum Gasteiger partial charge on any atom is 0 e. The smallest absolute Gasteiger partial charge is 0 e. The van der Waals surface area contributed by atoms with E-state index in [4.69, 9.17) is 402 Å². The van der Waals surface area contributed by atoms with Gasteiger partial charge >= 0.3 is 0 Å². The lowest BCUT2D eigenvalue weighted by atomic mass is 8.18. The SMILES string of the molecule is [B]B([B])B(B([B])[B])B(B(B([B])[B])B([B])[B])B(B(B([B])[B])B([B])[B])B(B(B(B([B])[B])B([B])[B])B(B([B])[B])B([B])[B])B(B(B(B(B([B])[B])B([B])[B])B(B([B])[B])B([B])[B])B(B(B([B])[B])B([B])[B])B(B([B])[B])B([B])[B])B(B(B(B([B])[B])B([B])[B])B(B([B])[B])B([B])[B])B(B(B([B])[B])B([B])[B])B(B([B])[B])B([B])[B]. The van der Waals surface area contributed by atoms with Crippen LogP contribution in [-0.4, -0.2) is 722 Å². The summed E-state index contributed by atoms with van der Waals surface area (Å²) < 4.78 is 0. The second-order valence-corrected chi connectivity index (χ2v) is 28.9. The van der Waals surface area contributed by atoms with E-state index in [1.54, 1.807) is 0 Å². The van der Waals surface area contributed by atoms with E-state index in [-0.39, 0.29) is 0 Å². The van der Waals surface area contributed by atoms with Crippen LogP contribution in [0.25, 0.3) is 0 Å². The lowest BCUT2D eigenvalue weighted by Gasteiger charge is -2.63. The molecule has 102 heavy (non-hydrogen) atoms. The predicted octanol–water partition coefficient (Wildman–Crippen LogP) is -38.8. The van der Waals surface area contributed by atoms with Gasteiger partial charge in [-0.15, -0.1) is 0 Å². The summed E-state index contributed by atoms with van der Waals surface area (Å²) in [5.74, 6) is 0. The third kappa shape index (κ3) is 29.0. The molecule has 104 radical (unpaired) electrons. The third-order valence-electron chi connectivity index (χ3n) is 21.8. The van der Waals surface area contributed by atoms with Crippen molar-refractivity contribution < 1.29 is 0 Å². The van der Waals surface area contributed by atoms with Crippen molar-refractivity contribution in [2.24, 2.45) is 0 Å². The molecule has 0 aliphatic rings. The molecule has 0 unspecified atom stereocenters. The van der Waals surface area contributed by atoms with Crippen molar-refractivity contribution in [1.29, 1.82) is 0 Å². The Morgan fingerprint density at radius 1 is 0.0490 bits per heavy atom. The fourth-order valence-electron chi connectivity index (χ4n) is 18.5. The van der Waals surface area contributed by atoms with Gasteiger partial charge in [-0.3, -0.25) is 0 Å². The van der Waals surface area contributed by atoms with Crippen molar-refractivity contribution in [3.8, 4) is 0 Å². The first-order valence-corrected chi connectivity index (χ1v) is 33.7. The Balaban J connectivity index is 14.9. The first-order chi connectivity index (χ1) is 46.4. The quantitative estimate of drug-likeness (QED) is 0.0533. The second-order valence-electron chi connectivity index (χ2n) is 28.9. The van der Waals surface area contributed by atoms with E-state index in [1.165, 1.54) is 0 Å². The van der Waals surface area contributed by atoms with Crippen LogP contribution in [0.1, 0.15) is 0 Å². The first kappa shape index (κ1) is 109. The molecule has 0 aliphatic carbocycles. The summed E-state index contributed by atoms with van der Waals surface area (Å²) >= 11 is 0. The molecule has 0 atom stereocenters. The average molecular weight is 1100 g/mol. The van der Waals surface area contributed by atoms with Crippen LogP contribution in [0.4, 0.5) is 0 Å². The molecule has 0 nitrogen and oxygen atoms in total. The normalized spacial score (nSPS) is 9.84. The summed E-state index contributed by atoms with van der Waals surface area (Å²) in [4.78, 5) is 0. The van der Waals surface area contributed by atoms with Crippen molar-refractivity contribution in [2.45, 2.75) is 0 Å². The van der Waals surface area contributed by atoms with Gasteiger partial charge in [0.05, 0.1) is 0 Å². The van der Waals surface area contributed by atoms with Crippen LogP contribution < -0.4 is 0 Å². The topological polar surface area (TPSA) is 0 Å². The van der Waals surface area contributed by atoms with Crippen LogP contribution in [0.2, 0.25) is 0 Å². The molecule has 0 aromatic heterocycles. The van der Waals surface area contributed by atoms with E-state index >= 15 is 0 Å². The highest BCUT2D eigenvalue weighted by molar-refractivity contribution is 8.44. The highest BCUT2D eigenvalue weighted by Crippen LogP contribution is 2.31. The molecule has 306 valence electrons. The van der Waals surface area contributed by atoms with Gasteiger partial charge in [0, 0.05) is 722 Å². The summed E-state index contributed by atoms with van der Waals surface area (Å²) in [6, 6.07) is 0. The van der Waals surface area contributed by atoms with Gasteiger partial charge < -0.3 is 0 Å². The summed E-state index contributed by atoms with van der Waals surface area (Å²) in [5, 5.41) is 0. The van der Waals surface area contributed by atoms with Crippen molar-refractivity contribution in [1.82, 2.24) is 0 Å². The second kappa shape index (κ2) is 49.9. The molecule has 0 fully saturated rings. The molecule has 0 aliphatic heterocycles. The summed E-state index contributed by atoms with van der Waals surface area (Å²) in [6.45, 7) is 0. The maximum atomic E-state index is 7.26. The molecule has 0 rings (SSSR count). The van der Waals surface area contributed by atoms with Crippen LogP contribution in [0.5, 0.6) is 0 Å². The molecule has 0 saturated carbocycles. The van der Waals surface area contributed by atoms with E-state index in [0.717, 1.165) is 0 Å². The molecular weight excluding hydrogens is 1100 g/mol. The van der Waals surface area contributed by atoms with Crippen LogP contribution in [-0.2, 0) is 0 Å². The molecule has 0 amide bonds. The zero-order valence-electron chi connectivity index (χ0n) is 58.9. The van der Waals surface area contributed by atoms with Gasteiger partial charge in [0.1, 0.15) is 0 Å². The molecule has 0 bridgehead atoms. The lowest BCUT2D eigenvalue weighted by molar-refractivity contribution is 3.12. The molecular formula is B102. The van der Waals surface area contributed by atoms with Crippen molar-refractivity contribution in [2.75, 3.05) is 0 Å². The van der Waals surface area contributed by atoms with E-state index in [2.05, 4.69) is 0 Å². The number of hydrogen-bond donors (Lipinski definition) is 0. The van der Waals surface area contributed by atoms with Crippen LogP contribution >= 0.6 is 0 Å². The van der Waals surface area contributed by atoms with Gasteiger partial charge in [0.15, 0.2) is 0 Å². The van der Waals surface area contributed by atoms with Gasteiger partial charge in [0.25, 0.3) is 0 Å². The summed E-state index contributed by atoms with van der Waals surface area (Å²) in [5.41, 5.74) is 0. The Bertz CT molecular complexity index is 1710. The van der Waals surface area contributed by atoms with Crippen molar-refractivity contribution >= 4 is 722 Å². The van der Waals surface area contributed by atoms with E-state index in [9.17, 15) is 0 Å². The fourth-order valence-corrected chi connectivity index (χ4v) is 18.5. The van der Waals surface area contributed by atoms with Gasteiger partial charge in [0.2, 0.25) is 0 Å². The van der Waals surface area contributed by atoms with Crippen molar-refractivity contribution in [3.05, 3.63) is 0 Å². The summed E-state index contributed by atoms with van der Waals surface area (Å²) in [6.07, 6.45) is -96.3. The lowest BCUT2D eigenvalue weighted by Crippen LogP contribution is -3.01. The molecule has 0 aromatic carbocycles. The van der Waals surface area contributed by atoms with E-state index in [1.807, 2.05) is 0 Å². The highest BCUT2D eigenvalue weighted by atomic mass is 13.5. The summed E-state index contributed by atoms with van der Waals surface area (Å²) in [7, 11) is 371. The average Bonchev–Trinajstić information content (AvgIpc) is 3.39. The van der Waals surface area contributed by atoms with Gasteiger partial charge in [-0.25, -0.2) is 0 Å². The maximum absolute atomic E-state index is 7.26. The fraction of sp³-hybridized carbons (Fsp3) is 0. The third-order valence-corrected chi connectivity index (χ3v) is 21.8. The molecule has 0 heterocycles. The minimum atomic E-state index is -2.36. The van der Waals surface area contributed by atoms with E-state index < -0.39 is 319 Å². The standard InChI is InChI=1S/B102/c1-53(2)79(54(3)4)92(80(55(5)6)56(7)8)98(91(77(49)50)78(51)52)101(97(89(73(41)42)74(43)44)90(75(45)46)76(47)48)102(99(93(81(57(9)10)58(11)12)82(59(13)14)60(15)16)94(83(61(17)18)62(19)20)84(63(21)22)64(23)24)100(95(85(65(25)26)66(27)28)86(67(29)30)68(31)32)96(87(69(33)34)70(35)36)88(71(37)38)72(39)40. The van der Waals surface area contributed by atoms with Crippen LogP contribution in [0.3, 0.4) is 0 Å². The van der Waals surface area contributed by atoms with E-state index in [0.29, 0.717) is 0 Å². The van der Waals surface area contributed by atoms with Gasteiger partial charge in [-0.2, -0.15) is 0 Å². The zero-order valence-corrected chi connectivity index (χ0v) is 58.9. The predicted molar refractivity (Wildman–Crippen MR) is 587 cm³/mol. The monoisotopic (exact) mass is 1120 g/mol. The Hall–Kier alpha value is 6.62. The Morgan fingerprint density at radius 3 is 0.118 bits per heavy atom. The minimum absolute atomic E-state index is 1.76. The molecule has 102 heteroatoms. The highest BCUT2D eigenvalue weighted by Gasteiger charge is 2.69. The number of hydrogen-bond acceptors (Lipinski definition) is 0. The number of rotatable bonds is 49. The molecule has 0 spiro atoms. The Labute approximate surface area is 714 Å². The van der Waals surface area contributed by atoms with Crippen LogP contribution in [0, 0.1) is 0 Å². The van der Waals surface area contributed by atoms with Crippen LogP contribution in [0.15, 0.2) is 0 Å². The van der Waals surface area contributed by atoms with Crippen molar-refractivity contribution in [3.63, 3.8) is 0 Å². The zero-order chi connectivity index (χ0) is 80.9. The van der Waals surface area contributed by atoms with Gasteiger partial charge in [-0.05, 0) is 0 Å². The Morgan fingerprint density at radius 2 is 0.0784 bits per heavy atom. The molecule has 0 saturated heterocycles. The maximum Gasteiger partial charge on any atom is 0 e. The largest absolute Gasteiger partial charge is 0 e.